The maximum atomic E-state index is 13.0. The lowest BCUT2D eigenvalue weighted by Crippen LogP contribution is -2.48. The van der Waals surface area contributed by atoms with Gasteiger partial charge in [0.1, 0.15) is 5.75 Å². The average molecular weight is 459 g/mol. The third-order valence-electron chi connectivity index (χ3n) is 5.69. The monoisotopic (exact) mass is 458 g/mol. The Bertz CT molecular complexity index is 1070. The van der Waals surface area contributed by atoms with Crippen LogP contribution in [0.25, 0.3) is 0 Å². The van der Waals surface area contributed by atoms with Crippen LogP contribution in [0.4, 0.5) is 0 Å². The van der Waals surface area contributed by atoms with Gasteiger partial charge in [-0.1, -0.05) is 23.7 Å². The molecule has 0 atom stereocenters. The summed E-state index contributed by atoms with van der Waals surface area (Å²) < 4.78 is 7.21. The molecule has 1 fully saturated rings. The lowest BCUT2D eigenvalue weighted by atomic mass is 10.2. The highest BCUT2D eigenvalue weighted by Crippen LogP contribution is 2.23. The van der Waals surface area contributed by atoms with E-state index >= 15 is 0 Å². The molecule has 1 amide bonds. The van der Waals surface area contributed by atoms with Gasteiger partial charge in [0.15, 0.2) is 0 Å². The van der Waals surface area contributed by atoms with Crippen molar-refractivity contribution in [3.8, 4) is 5.75 Å². The Morgan fingerprint density at radius 3 is 2.58 bits per heavy atom. The number of carbonyl (C=O) groups excluding carboxylic acids is 1. The van der Waals surface area contributed by atoms with Crippen molar-refractivity contribution in [2.75, 3.05) is 33.3 Å². The fourth-order valence-electron chi connectivity index (χ4n) is 3.87. The normalized spacial score (nSPS) is 14.8. The number of hydrogen-bond donors (Lipinski definition) is 0. The third kappa shape index (κ3) is 4.95. The molecular weight excluding hydrogens is 432 g/mol. The molecule has 164 valence electrons. The van der Waals surface area contributed by atoms with Crippen LogP contribution >= 0.6 is 22.9 Å². The molecule has 4 rings (SSSR count). The number of ether oxygens (including phenoxy) is 1. The topological polar surface area (TPSA) is 50.6 Å². The van der Waals surface area contributed by atoms with Crippen LogP contribution in [-0.4, -0.2) is 58.8 Å². The number of thiophene rings is 1. The summed E-state index contributed by atoms with van der Waals surface area (Å²) in [6.07, 6.45) is 0. The Kier molecular flexibility index (Phi) is 6.65. The Morgan fingerprint density at radius 2 is 1.90 bits per heavy atom. The van der Waals surface area contributed by atoms with Gasteiger partial charge in [-0.3, -0.25) is 14.4 Å². The van der Waals surface area contributed by atoms with Crippen LogP contribution in [0.5, 0.6) is 5.75 Å². The minimum atomic E-state index is 0.115. The largest absolute Gasteiger partial charge is 0.497 e. The summed E-state index contributed by atoms with van der Waals surface area (Å²) in [6, 6.07) is 10.1. The van der Waals surface area contributed by atoms with Crippen LogP contribution in [0, 0.1) is 13.8 Å². The van der Waals surface area contributed by atoms with Crippen molar-refractivity contribution in [1.82, 2.24) is 19.6 Å². The van der Waals surface area contributed by atoms with Crippen LogP contribution in [-0.2, 0) is 13.1 Å². The van der Waals surface area contributed by atoms with E-state index in [1.165, 1.54) is 16.9 Å². The van der Waals surface area contributed by atoms with E-state index in [1.807, 2.05) is 47.0 Å². The summed E-state index contributed by atoms with van der Waals surface area (Å²) in [5.41, 5.74) is 4.08. The number of aryl methyl sites for hydroxylation is 1. The summed E-state index contributed by atoms with van der Waals surface area (Å²) >= 11 is 7.75. The van der Waals surface area contributed by atoms with Gasteiger partial charge in [-0.25, -0.2) is 0 Å². The maximum absolute atomic E-state index is 13.0. The van der Waals surface area contributed by atoms with Gasteiger partial charge in [-0.05, 0) is 48.6 Å². The second-order valence-corrected chi connectivity index (χ2v) is 9.17. The number of halogens is 1. The van der Waals surface area contributed by atoms with Crippen LogP contribution in [0.2, 0.25) is 5.02 Å². The Hall–Kier alpha value is -2.35. The fourth-order valence-corrected chi connectivity index (χ4v) is 4.87. The van der Waals surface area contributed by atoms with E-state index in [0.717, 1.165) is 60.3 Å². The second-order valence-electron chi connectivity index (χ2n) is 7.88. The second kappa shape index (κ2) is 9.42. The summed E-state index contributed by atoms with van der Waals surface area (Å²) in [6.45, 7) is 8.57. The van der Waals surface area contributed by atoms with Gasteiger partial charge in [0.25, 0.3) is 5.91 Å². The molecule has 0 bridgehead atoms. The van der Waals surface area contributed by atoms with Crippen molar-refractivity contribution >= 4 is 28.8 Å². The number of benzene rings is 1. The van der Waals surface area contributed by atoms with Crippen LogP contribution in [0.15, 0.2) is 35.7 Å². The number of hydrogen-bond acceptors (Lipinski definition) is 5. The zero-order valence-electron chi connectivity index (χ0n) is 18.1. The minimum Gasteiger partial charge on any atom is -0.497 e. The quantitative estimate of drug-likeness (QED) is 0.554. The zero-order valence-corrected chi connectivity index (χ0v) is 19.7. The molecule has 1 aliphatic heterocycles. The molecule has 1 aliphatic rings. The van der Waals surface area contributed by atoms with Gasteiger partial charge >= 0.3 is 0 Å². The van der Waals surface area contributed by atoms with E-state index in [4.69, 9.17) is 16.3 Å². The SMILES string of the molecule is COc1cccc(CN2CCN(C(=O)c3cc(Cn4nc(C)c(Cl)c4C)cs3)CC2)c1. The highest BCUT2D eigenvalue weighted by atomic mass is 35.5. The first-order valence-corrected chi connectivity index (χ1v) is 11.6. The highest BCUT2D eigenvalue weighted by molar-refractivity contribution is 7.12. The van der Waals surface area contributed by atoms with Crippen molar-refractivity contribution in [2.24, 2.45) is 0 Å². The molecule has 0 unspecified atom stereocenters. The minimum absolute atomic E-state index is 0.115. The fraction of sp³-hybridized carbons (Fsp3) is 0.391. The zero-order chi connectivity index (χ0) is 22.0. The number of rotatable bonds is 6. The van der Waals surface area contributed by atoms with E-state index in [-0.39, 0.29) is 5.91 Å². The maximum Gasteiger partial charge on any atom is 0.264 e. The van der Waals surface area contributed by atoms with Crippen LogP contribution in [0.1, 0.15) is 32.2 Å². The molecule has 0 spiro atoms. The first kappa shape index (κ1) is 21.9. The predicted octanol–water partition coefficient (Wildman–Crippen LogP) is 4.23. The molecule has 1 saturated heterocycles. The van der Waals surface area contributed by atoms with Crippen molar-refractivity contribution in [3.05, 3.63) is 68.1 Å². The molecule has 31 heavy (non-hydrogen) atoms. The van der Waals surface area contributed by atoms with Gasteiger partial charge in [-0.15, -0.1) is 11.3 Å². The molecule has 3 aromatic rings. The molecule has 6 nitrogen and oxygen atoms in total. The summed E-state index contributed by atoms with van der Waals surface area (Å²) in [5, 5.41) is 7.23. The van der Waals surface area contributed by atoms with Crippen molar-refractivity contribution in [3.63, 3.8) is 0 Å². The van der Waals surface area contributed by atoms with Crippen LogP contribution < -0.4 is 4.74 Å². The predicted molar refractivity (Wildman–Crippen MR) is 124 cm³/mol. The first-order valence-electron chi connectivity index (χ1n) is 10.4. The molecule has 0 N–H and O–H groups in total. The van der Waals surface area contributed by atoms with Gasteiger partial charge in [0.2, 0.25) is 0 Å². The smallest absolute Gasteiger partial charge is 0.264 e. The van der Waals surface area contributed by atoms with E-state index in [0.29, 0.717) is 11.6 Å². The number of carbonyl (C=O) groups is 1. The molecular formula is C23H27ClN4O2S. The lowest BCUT2D eigenvalue weighted by Gasteiger charge is -2.34. The van der Waals surface area contributed by atoms with E-state index in [2.05, 4.69) is 22.1 Å². The van der Waals surface area contributed by atoms with E-state index < -0.39 is 0 Å². The van der Waals surface area contributed by atoms with Crippen molar-refractivity contribution in [1.29, 1.82) is 0 Å². The Balaban J connectivity index is 1.33. The van der Waals surface area contributed by atoms with Crippen molar-refractivity contribution in [2.45, 2.75) is 26.9 Å². The van der Waals surface area contributed by atoms with Gasteiger partial charge in [0, 0.05) is 32.7 Å². The van der Waals surface area contributed by atoms with Gasteiger partial charge in [-0.2, -0.15) is 5.10 Å². The van der Waals surface area contributed by atoms with Crippen LogP contribution in [0.3, 0.4) is 0 Å². The molecule has 8 heteroatoms. The van der Waals surface area contributed by atoms with Crippen molar-refractivity contribution < 1.29 is 9.53 Å². The number of aromatic nitrogens is 2. The molecule has 0 radical (unpaired) electrons. The number of methoxy groups -OCH3 is 1. The number of amides is 1. The highest BCUT2D eigenvalue weighted by Gasteiger charge is 2.23. The number of nitrogens with zero attached hydrogens (tertiary/aromatic N) is 4. The lowest BCUT2D eigenvalue weighted by molar-refractivity contribution is 0.0633. The van der Waals surface area contributed by atoms with Gasteiger partial charge in [0.05, 0.1) is 34.9 Å². The molecule has 1 aromatic carbocycles. The standard InChI is InChI=1S/C23H27ClN4O2S/c1-16-22(24)17(2)28(25-16)14-19-12-21(31-15-19)23(29)27-9-7-26(8-10-27)13-18-5-4-6-20(11-18)30-3/h4-6,11-12,15H,7-10,13-14H2,1-3H3. The molecule has 3 heterocycles. The molecule has 0 aliphatic carbocycles. The summed E-state index contributed by atoms with van der Waals surface area (Å²) in [7, 11) is 1.69. The molecule has 2 aromatic heterocycles. The Labute approximate surface area is 192 Å². The average Bonchev–Trinajstić information content (AvgIpc) is 3.34. The summed E-state index contributed by atoms with van der Waals surface area (Å²) in [4.78, 5) is 18.1. The first-order chi connectivity index (χ1) is 14.9. The number of piperazine rings is 1. The third-order valence-corrected chi connectivity index (χ3v) is 7.20. The van der Waals surface area contributed by atoms with Gasteiger partial charge < -0.3 is 9.64 Å². The van der Waals surface area contributed by atoms with E-state index in [9.17, 15) is 4.79 Å². The Morgan fingerprint density at radius 1 is 1.13 bits per heavy atom. The summed E-state index contributed by atoms with van der Waals surface area (Å²) in [5.74, 6) is 0.992. The molecule has 0 saturated carbocycles. The van der Waals surface area contributed by atoms with E-state index in [1.54, 1.807) is 7.11 Å².